The van der Waals surface area contributed by atoms with Crippen LogP contribution in [0.2, 0.25) is 0 Å². The van der Waals surface area contributed by atoms with Crippen LogP contribution in [-0.2, 0) is 35.5 Å². The lowest BCUT2D eigenvalue weighted by Gasteiger charge is -2.17. The molecule has 2 heterocycles. The fourth-order valence-corrected chi connectivity index (χ4v) is 6.03. The van der Waals surface area contributed by atoms with Crippen LogP contribution in [0.25, 0.3) is 21.8 Å². The van der Waals surface area contributed by atoms with Gasteiger partial charge in [0.05, 0.1) is 6.61 Å². The number of hydrogen-bond acceptors (Lipinski definition) is 3. The third-order valence-electron chi connectivity index (χ3n) is 8.20. The molecule has 45 heavy (non-hydrogen) atoms. The lowest BCUT2D eigenvalue weighted by molar-refractivity contribution is -0.689. The quantitative estimate of drug-likeness (QED) is 0.127. The second kappa shape index (κ2) is 14.0. The number of pyridine rings is 1. The number of aryl methyl sites for hydroxylation is 2. The summed E-state index contributed by atoms with van der Waals surface area (Å²) in [5, 5.41) is 5.13. The number of nitrogens with one attached hydrogen (secondary N) is 1. The summed E-state index contributed by atoms with van der Waals surface area (Å²) in [4.78, 5) is 27.2. The molecule has 4 aromatic carbocycles. The molecule has 6 rings (SSSR count). The Morgan fingerprint density at radius 1 is 0.756 bits per heavy atom. The normalized spacial score (nSPS) is 11.8. The first-order valence-electron chi connectivity index (χ1n) is 15.6. The number of para-hydroxylation sites is 1. The van der Waals surface area contributed by atoms with Gasteiger partial charge in [-0.15, -0.1) is 0 Å². The summed E-state index contributed by atoms with van der Waals surface area (Å²) >= 11 is 0. The van der Waals surface area contributed by atoms with Crippen molar-refractivity contribution in [3.63, 3.8) is 0 Å². The van der Waals surface area contributed by atoms with E-state index in [1.807, 2.05) is 71.3 Å². The number of benzene rings is 4. The maximum absolute atomic E-state index is 14.1. The minimum Gasteiger partial charge on any atom is -0.464 e. The molecule has 0 saturated carbocycles. The molecule has 6 nitrogen and oxygen atoms in total. The molecule has 226 valence electrons. The zero-order chi connectivity index (χ0) is 31.0. The minimum absolute atomic E-state index is 0.240. The molecule has 0 fully saturated rings. The monoisotopic (exact) mass is 596 g/mol. The number of aromatic nitrogens is 2. The molecule has 1 amide bonds. The van der Waals surface area contributed by atoms with E-state index >= 15 is 0 Å². The van der Waals surface area contributed by atoms with E-state index in [4.69, 9.17) is 4.74 Å². The van der Waals surface area contributed by atoms with Gasteiger partial charge < -0.3 is 14.6 Å². The standard InChI is InChI=1S/C39H37N3O3/c1-2-45-39(44)34(25-30-17-8-4-9-18-30)40-38(43)36-26-33-32-22-12-13-23-35(32)42(24-14-21-29-15-6-3-7-16-29)37(33)28-41(36)27-31-19-10-5-11-20-31/h3-13,15-20,22-23,26,28,34H,2,14,21,24-25,27H2,1H3/p+1/t34-/m0/s1. The van der Waals surface area contributed by atoms with Gasteiger partial charge in [0.25, 0.3) is 5.69 Å². The third kappa shape index (κ3) is 6.96. The van der Waals surface area contributed by atoms with E-state index in [2.05, 4.69) is 70.7 Å². The van der Waals surface area contributed by atoms with Crippen LogP contribution in [0.1, 0.15) is 40.5 Å². The van der Waals surface area contributed by atoms with Gasteiger partial charge in [-0.25, -0.2) is 4.79 Å². The molecular formula is C39H38N3O3+. The van der Waals surface area contributed by atoms with Crippen molar-refractivity contribution in [1.29, 1.82) is 0 Å². The fourth-order valence-electron chi connectivity index (χ4n) is 6.03. The molecule has 0 unspecified atom stereocenters. The van der Waals surface area contributed by atoms with E-state index in [0.29, 0.717) is 18.7 Å². The Morgan fingerprint density at radius 3 is 2.07 bits per heavy atom. The summed E-state index contributed by atoms with van der Waals surface area (Å²) in [6, 6.07) is 39.9. The van der Waals surface area contributed by atoms with Crippen molar-refractivity contribution in [3.8, 4) is 0 Å². The fraction of sp³-hybridized carbons (Fsp3) is 0.205. The van der Waals surface area contributed by atoms with Gasteiger partial charge in [-0.2, -0.15) is 4.57 Å². The van der Waals surface area contributed by atoms with Crippen LogP contribution in [0.15, 0.2) is 128 Å². The van der Waals surface area contributed by atoms with E-state index < -0.39 is 12.0 Å². The second-order valence-electron chi connectivity index (χ2n) is 11.3. The van der Waals surface area contributed by atoms with Gasteiger partial charge >= 0.3 is 11.9 Å². The second-order valence-corrected chi connectivity index (χ2v) is 11.3. The van der Waals surface area contributed by atoms with Gasteiger partial charge in [0.15, 0.2) is 12.7 Å². The molecular weight excluding hydrogens is 558 g/mol. The maximum atomic E-state index is 14.1. The smallest absolute Gasteiger partial charge is 0.328 e. The number of fused-ring (bicyclic) bond motifs is 3. The SMILES string of the molecule is CCOC(=O)[C@H](Cc1ccccc1)NC(=O)c1cc2c3ccccc3n(CCCc3ccccc3)c2c[n+]1Cc1ccccc1. The molecule has 1 atom stereocenters. The number of ether oxygens (including phenoxy) is 1. The lowest BCUT2D eigenvalue weighted by Crippen LogP contribution is -2.49. The van der Waals surface area contributed by atoms with Crippen LogP contribution < -0.4 is 9.88 Å². The Balaban J connectivity index is 1.40. The summed E-state index contributed by atoms with van der Waals surface area (Å²) in [5.74, 6) is -0.761. The van der Waals surface area contributed by atoms with Crippen molar-refractivity contribution in [2.24, 2.45) is 0 Å². The van der Waals surface area contributed by atoms with E-state index in [1.54, 1.807) is 6.92 Å². The first kappa shape index (κ1) is 29.8. The number of carbonyl (C=O) groups is 2. The molecule has 0 aliphatic heterocycles. The number of rotatable bonds is 12. The first-order chi connectivity index (χ1) is 22.1. The predicted octanol–water partition coefficient (Wildman–Crippen LogP) is 6.67. The highest BCUT2D eigenvalue weighted by atomic mass is 16.5. The Labute approximate surface area is 263 Å². The number of hydrogen-bond donors (Lipinski definition) is 1. The maximum Gasteiger partial charge on any atom is 0.328 e. The van der Waals surface area contributed by atoms with Gasteiger partial charge in [-0.1, -0.05) is 109 Å². The van der Waals surface area contributed by atoms with E-state index in [9.17, 15) is 9.59 Å². The molecule has 0 saturated heterocycles. The summed E-state index contributed by atoms with van der Waals surface area (Å²) in [7, 11) is 0. The Morgan fingerprint density at radius 2 is 1.38 bits per heavy atom. The van der Waals surface area contributed by atoms with Crippen molar-refractivity contribution in [1.82, 2.24) is 9.88 Å². The minimum atomic E-state index is -0.819. The molecule has 0 radical (unpaired) electrons. The van der Waals surface area contributed by atoms with Crippen LogP contribution in [-0.4, -0.2) is 29.1 Å². The van der Waals surface area contributed by atoms with E-state index in [-0.39, 0.29) is 12.5 Å². The Hall–Kier alpha value is -5.23. The van der Waals surface area contributed by atoms with Gasteiger partial charge in [-0.05, 0) is 37.0 Å². The summed E-state index contributed by atoms with van der Waals surface area (Å²) < 4.78 is 9.75. The molecule has 0 bridgehead atoms. The zero-order valence-electron chi connectivity index (χ0n) is 25.6. The molecule has 6 heteroatoms. The van der Waals surface area contributed by atoms with Crippen LogP contribution in [0.5, 0.6) is 0 Å². The van der Waals surface area contributed by atoms with Crippen LogP contribution >= 0.6 is 0 Å². The van der Waals surface area contributed by atoms with Crippen molar-refractivity contribution < 1.29 is 18.9 Å². The predicted molar refractivity (Wildman–Crippen MR) is 178 cm³/mol. The number of esters is 1. The number of nitrogens with zero attached hydrogens (tertiary/aromatic N) is 2. The Bertz CT molecular complexity index is 1900. The average Bonchev–Trinajstić information content (AvgIpc) is 3.38. The number of carbonyl (C=O) groups excluding carboxylic acids is 2. The summed E-state index contributed by atoms with van der Waals surface area (Å²) in [6.07, 6.45) is 4.40. The average molecular weight is 597 g/mol. The molecule has 0 aliphatic rings. The van der Waals surface area contributed by atoms with Crippen LogP contribution in [0.4, 0.5) is 0 Å². The molecule has 6 aromatic rings. The highest BCUT2D eigenvalue weighted by Crippen LogP contribution is 2.29. The van der Waals surface area contributed by atoms with Crippen LogP contribution in [0, 0.1) is 0 Å². The highest BCUT2D eigenvalue weighted by molar-refractivity contribution is 6.09. The van der Waals surface area contributed by atoms with Gasteiger partial charge in [-0.3, -0.25) is 4.79 Å². The molecule has 0 spiro atoms. The summed E-state index contributed by atoms with van der Waals surface area (Å²) in [6.45, 7) is 3.37. The summed E-state index contributed by atoms with van der Waals surface area (Å²) in [5.41, 5.74) is 6.04. The van der Waals surface area contributed by atoms with Crippen molar-refractivity contribution in [2.45, 2.75) is 45.3 Å². The first-order valence-corrected chi connectivity index (χ1v) is 15.6. The van der Waals surface area contributed by atoms with Gasteiger partial charge in [0.1, 0.15) is 11.6 Å². The van der Waals surface area contributed by atoms with Gasteiger partial charge in [0.2, 0.25) is 0 Å². The molecule has 0 aliphatic carbocycles. The van der Waals surface area contributed by atoms with E-state index in [1.165, 1.54) is 5.56 Å². The zero-order valence-corrected chi connectivity index (χ0v) is 25.6. The van der Waals surface area contributed by atoms with Crippen molar-refractivity contribution >= 4 is 33.7 Å². The Kier molecular flexibility index (Phi) is 9.30. The largest absolute Gasteiger partial charge is 0.464 e. The lowest BCUT2D eigenvalue weighted by atomic mass is 10.1. The van der Waals surface area contributed by atoms with Gasteiger partial charge in [0, 0.05) is 40.9 Å². The van der Waals surface area contributed by atoms with E-state index in [0.717, 1.165) is 52.3 Å². The molecule has 2 aromatic heterocycles. The highest BCUT2D eigenvalue weighted by Gasteiger charge is 2.29. The van der Waals surface area contributed by atoms with Crippen molar-refractivity contribution in [2.75, 3.05) is 6.61 Å². The topological polar surface area (TPSA) is 64.2 Å². The number of amides is 1. The molecule has 1 N–H and O–H groups in total. The van der Waals surface area contributed by atoms with Crippen molar-refractivity contribution in [3.05, 3.63) is 150 Å². The van der Waals surface area contributed by atoms with Crippen LogP contribution in [0.3, 0.4) is 0 Å². The third-order valence-corrected chi connectivity index (χ3v) is 8.20.